The largest absolute Gasteiger partial charge is 0.310 e. The van der Waals surface area contributed by atoms with Crippen molar-refractivity contribution in [3.05, 3.63) is 221 Å². The zero-order valence-corrected chi connectivity index (χ0v) is 29.3. The van der Waals surface area contributed by atoms with Crippen LogP contribution in [0.1, 0.15) is 33.4 Å². The third-order valence-corrected chi connectivity index (χ3v) is 11.3. The Morgan fingerprint density at radius 2 is 0.788 bits per heavy atom. The Morgan fingerprint density at radius 1 is 0.365 bits per heavy atom. The molecule has 0 radical (unpaired) electrons. The van der Waals surface area contributed by atoms with Crippen LogP contribution in [0.3, 0.4) is 0 Å². The summed E-state index contributed by atoms with van der Waals surface area (Å²) in [5, 5.41) is 0. The molecule has 0 saturated carbocycles. The summed E-state index contributed by atoms with van der Waals surface area (Å²) in [5.74, 6) is 0. The van der Waals surface area contributed by atoms with Gasteiger partial charge in [0.1, 0.15) is 0 Å². The van der Waals surface area contributed by atoms with E-state index in [0.29, 0.717) is 0 Å². The highest BCUT2D eigenvalue weighted by Crippen LogP contribution is 2.65. The summed E-state index contributed by atoms with van der Waals surface area (Å²) >= 11 is 0. The molecular formula is C51H37N. The maximum absolute atomic E-state index is 2.55. The molecule has 0 aliphatic heterocycles. The molecule has 0 N–H and O–H groups in total. The number of benzene rings is 8. The molecule has 10 rings (SSSR count). The van der Waals surface area contributed by atoms with Gasteiger partial charge in [-0.15, -0.1) is 0 Å². The number of aryl methyl sites for hydroxylation is 2. The predicted molar refractivity (Wildman–Crippen MR) is 218 cm³/mol. The molecule has 1 spiro atoms. The summed E-state index contributed by atoms with van der Waals surface area (Å²) in [5.41, 5.74) is 21.1. The lowest BCUT2D eigenvalue weighted by Gasteiger charge is -2.37. The van der Waals surface area contributed by atoms with Crippen LogP contribution in [0.4, 0.5) is 17.1 Å². The molecule has 0 fully saturated rings. The minimum absolute atomic E-state index is 0.469. The van der Waals surface area contributed by atoms with E-state index in [-0.39, 0.29) is 0 Å². The first-order valence-corrected chi connectivity index (χ1v) is 18.2. The van der Waals surface area contributed by atoms with Crippen molar-refractivity contribution in [1.82, 2.24) is 0 Å². The molecule has 0 heterocycles. The molecule has 0 bridgehead atoms. The molecular weight excluding hydrogens is 627 g/mol. The predicted octanol–water partition coefficient (Wildman–Crippen LogP) is 13.5. The van der Waals surface area contributed by atoms with Crippen molar-refractivity contribution in [3.63, 3.8) is 0 Å². The SMILES string of the molecule is Cc1cc(-c2ccccc2)cc(C)c1N(c1ccc(-c2ccccc2)cc1)c1cccc2c1C1(c3ccccc3-c3ccccc31)c1ccccc1-2. The second kappa shape index (κ2) is 11.8. The fourth-order valence-electron chi connectivity index (χ4n) is 9.25. The Balaban J connectivity index is 1.28. The van der Waals surface area contributed by atoms with Crippen LogP contribution >= 0.6 is 0 Å². The first-order chi connectivity index (χ1) is 25.6. The molecule has 1 heteroatoms. The maximum Gasteiger partial charge on any atom is 0.0746 e. The Kier molecular flexibility index (Phi) is 6.91. The van der Waals surface area contributed by atoms with Gasteiger partial charge in [0.15, 0.2) is 0 Å². The van der Waals surface area contributed by atoms with Gasteiger partial charge in [-0.05, 0) is 117 Å². The molecule has 8 aromatic rings. The van der Waals surface area contributed by atoms with Gasteiger partial charge in [0.2, 0.25) is 0 Å². The summed E-state index contributed by atoms with van der Waals surface area (Å²) in [4.78, 5) is 2.55. The van der Waals surface area contributed by atoms with E-state index < -0.39 is 5.41 Å². The lowest BCUT2D eigenvalue weighted by Crippen LogP contribution is -2.28. The van der Waals surface area contributed by atoms with E-state index in [1.165, 1.54) is 89.3 Å². The Bertz CT molecular complexity index is 2550. The third kappa shape index (κ3) is 4.36. The van der Waals surface area contributed by atoms with Crippen LogP contribution in [0.25, 0.3) is 44.5 Å². The smallest absolute Gasteiger partial charge is 0.0746 e. The topological polar surface area (TPSA) is 3.24 Å². The van der Waals surface area contributed by atoms with Crippen molar-refractivity contribution in [1.29, 1.82) is 0 Å². The summed E-state index contributed by atoms with van der Waals surface area (Å²) in [6, 6.07) is 69.4. The summed E-state index contributed by atoms with van der Waals surface area (Å²) in [7, 11) is 0. The van der Waals surface area contributed by atoms with Crippen LogP contribution in [-0.4, -0.2) is 0 Å². The first kappa shape index (κ1) is 30.4. The van der Waals surface area contributed by atoms with E-state index in [9.17, 15) is 0 Å². The van der Waals surface area contributed by atoms with Gasteiger partial charge in [0.25, 0.3) is 0 Å². The summed E-state index contributed by atoms with van der Waals surface area (Å²) < 4.78 is 0. The number of hydrogen-bond donors (Lipinski definition) is 0. The highest BCUT2D eigenvalue weighted by Gasteiger charge is 2.53. The lowest BCUT2D eigenvalue weighted by atomic mass is 9.70. The molecule has 52 heavy (non-hydrogen) atoms. The van der Waals surface area contributed by atoms with Crippen LogP contribution in [0.5, 0.6) is 0 Å². The van der Waals surface area contributed by atoms with Gasteiger partial charge in [-0.2, -0.15) is 0 Å². The Labute approximate surface area is 306 Å². The number of rotatable bonds is 5. The van der Waals surface area contributed by atoms with Gasteiger partial charge < -0.3 is 4.90 Å². The quantitative estimate of drug-likeness (QED) is 0.177. The van der Waals surface area contributed by atoms with E-state index >= 15 is 0 Å². The molecule has 0 saturated heterocycles. The average molecular weight is 664 g/mol. The standard InChI is InChI=1S/C51H37N/c1-34-32-39(37-18-7-4-8-19-37)33-35(2)50(34)52(40-30-28-38(29-31-40)36-16-5-3-6-17-36)48-27-15-23-44-43-22-11-14-26-47(43)51(49(44)48)45-24-12-9-20-41(45)42-21-10-13-25-46(42)51/h3-33H,1-2H3. The average Bonchev–Trinajstić information content (AvgIpc) is 3.68. The number of hydrogen-bond acceptors (Lipinski definition) is 1. The Hall–Kier alpha value is -6.44. The monoisotopic (exact) mass is 663 g/mol. The lowest BCUT2D eigenvalue weighted by molar-refractivity contribution is 0.793. The normalized spacial score (nSPS) is 13.0. The molecule has 0 unspecified atom stereocenters. The van der Waals surface area contributed by atoms with Crippen LogP contribution in [0.2, 0.25) is 0 Å². The minimum Gasteiger partial charge on any atom is -0.310 e. The molecule has 0 aromatic heterocycles. The fraction of sp³-hybridized carbons (Fsp3) is 0.0588. The second-order valence-electron chi connectivity index (χ2n) is 14.2. The van der Waals surface area contributed by atoms with Gasteiger partial charge in [-0.3, -0.25) is 0 Å². The number of anilines is 3. The summed E-state index contributed by atoms with van der Waals surface area (Å²) in [6.07, 6.45) is 0. The number of fused-ring (bicyclic) bond motifs is 10. The second-order valence-corrected chi connectivity index (χ2v) is 14.2. The van der Waals surface area contributed by atoms with Gasteiger partial charge in [-0.1, -0.05) is 158 Å². The molecule has 2 aliphatic rings. The van der Waals surface area contributed by atoms with Crippen molar-refractivity contribution >= 4 is 17.1 Å². The van der Waals surface area contributed by atoms with Crippen LogP contribution in [0.15, 0.2) is 188 Å². The van der Waals surface area contributed by atoms with Crippen molar-refractivity contribution in [2.75, 3.05) is 4.90 Å². The molecule has 0 amide bonds. The molecule has 1 nitrogen and oxygen atoms in total. The summed E-state index contributed by atoms with van der Waals surface area (Å²) in [6.45, 7) is 4.54. The number of nitrogens with zero attached hydrogens (tertiary/aromatic N) is 1. The van der Waals surface area contributed by atoms with E-state index in [1.54, 1.807) is 0 Å². The van der Waals surface area contributed by atoms with E-state index in [0.717, 1.165) is 5.69 Å². The van der Waals surface area contributed by atoms with Gasteiger partial charge in [0, 0.05) is 11.3 Å². The molecule has 2 aliphatic carbocycles. The van der Waals surface area contributed by atoms with Gasteiger partial charge in [-0.25, -0.2) is 0 Å². The van der Waals surface area contributed by atoms with Crippen LogP contribution in [0, 0.1) is 13.8 Å². The van der Waals surface area contributed by atoms with E-state index in [1.807, 2.05) is 0 Å². The van der Waals surface area contributed by atoms with Crippen LogP contribution in [-0.2, 0) is 5.41 Å². The van der Waals surface area contributed by atoms with Crippen LogP contribution < -0.4 is 4.90 Å². The van der Waals surface area contributed by atoms with Crippen molar-refractivity contribution in [2.24, 2.45) is 0 Å². The van der Waals surface area contributed by atoms with Crippen molar-refractivity contribution in [3.8, 4) is 44.5 Å². The zero-order valence-electron chi connectivity index (χ0n) is 29.3. The highest BCUT2D eigenvalue weighted by molar-refractivity contribution is 6.00. The Morgan fingerprint density at radius 3 is 1.33 bits per heavy atom. The van der Waals surface area contributed by atoms with E-state index in [2.05, 4.69) is 207 Å². The molecule has 246 valence electrons. The molecule has 8 aromatic carbocycles. The highest BCUT2D eigenvalue weighted by atomic mass is 15.2. The van der Waals surface area contributed by atoms with Crippen molar-refractivity contribution in [2.45, 2.75) is 19.3 Å². The third-order valence-electron chi connectivity index (χ3n) is 11.3. The molecule has 0 atom stereocenters. The van der Waals surface area contributed by atoms with E-state index in [4.69, 9.17) is 0 Å². The maximum atomic E-state index is 2.55. The first-order valence-electron chi connectivity index (χ1n) is 18.2. The zero-order chi connectivity index (χ0) is 34.8. The van der Waals surface area contributed by atoms with Gasteiger partial charge >= 0.3 is 0 Å². The van der Waals surface area contributed by atoms with Crippen molar-refractivity contribution < 1.29 is 0 Å². The minimum atomic E-state index is -0.469. The fourth-order valence-corrected chi connectivity index (χ4v) is 9.25. The van der Waals surface area contributed by atoms with Gasteiger partial charge in [0.05, 0.1) is 16.8 Å².